The van der Waals surface area contributed by atoms with Gasteiger partial charge in [-0.1, -0.05) is 30.3 Å². The number of nitro groups is 1. The van der Waals surface area contributed by atoms with Crippen LogP contribution in [0.25, 0.3) is 0 Å². The molecule has 2 rings (SSSR count). The van der Waals surface area contributed by atoms with Crippen LogP contribution in [0.2, 0.25) is 0 Å². The van der Waals surface area contributed by atoms with Gasteiger partial charge in [0.1, 0.15) is 4.92 Å². The van der Waals surface area contributed by atoms with E-state index in [0.717, 1.165) is 12.1 Å². The Morgan fingerprint density at radius 2 is 1.88 bits per heavy atom. The van der Waals surface area contributed by atoms with E-state index in [-0.39, 0.29) is 0 Å². The summed E-state index contributed by atoms with van der Waals surface area (Å²) in [6, 6.07) is 9.29. The average Bonchev–Trinajstić information content (AvgIpc) is 3.11. The van der Waals surface area contributed by atoms with Crippen LogP contribution in [-0.2, 0) is 9.53 Å². The molecule has 1 atom stereocenters. The molecule has 0 aliphatic heterocycles. The van der Waals surface area contributed by atoms with E-state index in [1.807, 2.05) is 0 Å². The van der Waals surface area contributed by atoms with E-state index < -0.39 is 40.6 Å². The number of carbonyl (C=O) groups is 3. The van der Waals surface area contributed by atoms with Crippen LogP contribution in [0.15, 0.2) is 46.9 Å². The number of imide groups is 1. The quantitative estimate of drug-likeness (QED) is 0.455. The third kappa shape index (κ3) is 4.66. The molecule has 0 aliphatic rings. The molecule has 0 saturated heterocycles. The summed E-state index contributed by atoms with van der Waals surface area (Å²) in [5.41, 5.74) is 0.309. The predicted molar refractivity (Wildman–Crippen MR) is 87.2 cm³/mol. The van der Waals surface area contributed by atoms with Crippen molar-refractivity contribution in [2.75, 3.05) is 6.54 Å². The van der Waals surface area contributed by atoms with Gasteiger partial charge in [0.15, 0.2) is 0 Å². The third-order valence-corrected chi connectivity index (χ3v) is 3.11. The van der Waals surface area contributed by atoms with E-state index >= 15 is 0 Å². The minimum atomic E-state index is -1.45. The maximum absolute atomic E-state index is 12.3. The Labute approximate surface area is 147 Å². The molecule has 10 heteroatoms. The zero-order chi connectivity index (χ0) is 19.1. The Bertz CT molecular complexity index is 816. The summed E-state index contributed by atoms with van der Waals surface area (Å²) in [6.07, 6.45) is -1.45. The summed E-state index contributed by atoms with van der Waals surface area (Å²) in [6.45, 7) is 1.97. The van der Waals surface area contributed by atoms with Crippen molar-refractivity contribution < 1.29 is 28.5 Å². The predicted octanol–water partition coefficient (Wildman–Crippen LogP) is 1.93. The van der Waals surface area contributed by atoms with Crippen LogP contribution in [0, 0.1) is 10.1 Å². The number of hydrogen-bond acceptors (Lipinski definition) is 7. The van der Waals surface area contributed by atoms with Gasteiger partial charge >= 0.3 is 17.9 Å². The van der Waals surface area contributed by atoms with Crippen molar-refractivity contribution in [2.24, 2.45) is 0 Å². The largest absolute Gasteiger partial charge is 0.441 e. The molecule has 0 unspecified atom stereocenters. The summed E-state index contributed by atoms with van der Waals surface area (Å²) in [5, 5.41) is 15.1. The minimum Gasteiger partial charge on any atom is -0.441 e. The van der Waals surface area contributed by atoms with Crippen LogP contribution >= 0.6 is 0 Å². The van der Waals surface area contributed by atoms with Gasteiger partial charge in [-0.25, -0.2) is 9.59 Å². The molecule has 0 spiro atoms. The maximum Gasteiger partial charge on any atom is 0.433 e. The van der Waals surface area contributed by atoms with Crippen molar-refractivity contribution in [1.82, 2.24) is 10.6 Å². The Balaban J connectivity index is 2.20. The number of rotatable bonds is 6. The summed E-state index contributed by atoms with van der Waals surface area (Å²) in [5.74, 6) is -3.04. The average molecular weight is 361 g/mol. The van der Waals surface area contributed by atoms with Crippen LogP contribution in [0.1, 0.15) is 29.1 Å². The third-order valence-electron chi connectivity index (χ3n) is 3.11. The van der Waals surface area contributed by atoms with Crippen molar-refractivity contribution in [1.29, 1.82) is 0 Å². The van der Waals surface area contributed by atoms with Crippen molar-refractivity contribution in [3.05, 3.63) is 63.9 Å². The highest BCUT2D eigenvalue weighted by Crippen LogP contribution is 2.22. The number of furan rings is 1. The van der Waals surface area contributed by atoms with Crippen LogP contribution < -0.4 is 10.6 Å². The zero-order valence-corrected chi connectivity index (χ0v) is 13.6. The number of nitrogens with one attached hydrogen (secondary N) is 2. The Hall–Kier alpha value is -3.69. The molecule has 1 aromatic carbocycles. The normalized spacial score (nSPS) is 11.3. The lowest BCUT2D eigenvalue weighted by atomic mass is 10.1. The lowest BCUT2D eigenvalue weighted by Crippen LogP contribution is -2.42. The molecule has 1 aromatic heterocycles. The summed E-state index contributed by atoms with van der Waals surface area (Å²) in [4.78, 5) is 45.8. The maximum atomic E-state index is 12.3. The van der Waals surface area contributed by atoms with E-state index in [9.17, 15) is 24.5 Å². The summed E-state index contributed by atoms with van der Waals surface area (Å²) < 4.78 is 9.87. The van der Waals surface area contributed by atoms with Gasteiger partial charge in [-0.3, -0.25) is 20.2 Å². The van der Waals surface area contributed by atoms with Gasteiger partial charge in [-0.05, 0) is 13.0 Å². The van der Waals surface area contributed by atoms with E-state index in [1.54, 1.807) is 25.1 Å². The van der Waals surface area contributed by atoms with Crippen molar-refractivity contribution in [3.63, 3.8) is 0 Å². The summed E-state index contributed by atoms with van der Waals surface area (Å²) >= 11 is 0. The van der Waals surface area contributed by atoms with Crippen molar-refractivity contribution in [3.8, 4) is 0 Å². The second-order valence-corrected chi connectivity index (χ2v) is 4.94. The molecule has 0 saturated carbocycles. The van der Waals surface area contributed by atoms with E-state index in [1.165, 1.54) is 12.1 Å². The van der Waals surface area contributed by atoms with Crippen molar-refractivity contribution >= 4 is 23.8 Å². The first-order valence-corrected chi connectivity index (χ1v) is 7.51. The number of carbonyl (C=O) groups excluding carboxylic acids is 3. The van der Waals surface area contributed by atoms with Gasteiger partial charge in [0.25, 0.3) is 5.91 Å². The second-order valence-electron chi connectivity index (χ2n) is 4.94. The summed E-state index contributed by atoms with van der Waals surface area (Å²) in [7, 11) is 0. The Morgan fingerprint density at radius 3 is 2.46 bits per heavy atom. The van der Waals surface area contributed by atoms with Crippen molar-refractivity contribution in [2.45, 2.75) is 13.0 Å². The van der Waals surface area contributed by atoms with Crippen LogP contribution in [0.3, 0.4) is 0 Å². The number of nitrogens with zero attached hydrogens (tertiary/aromatic N) is 1. The highest BCUT2D eigenvalue weighted by Gasteiger charge is 2.29. The number of hydrogen-bond donors (Lipinski definition) is 2. The molecule has 1 heterocycles. The van der Waals surface area contributed by atoms with Crippen LogP contribution in [0.5, 0.6) is 0 Å². The van der Waals surface area contributed by atoms with Gasteiger partial charge in [0.2, 0.25) is 11.9 Å². The van der Waals surface area contributed by atoms with Gasteiger partial charge in [0, 0.05) is 12.1 Å². The Morgan fingerprint density at radius 1 is 1.19 bits per heavy atom. The molecule has 0 aliphatic carbocycles. The zero-order valence-electron chi connectivity index (χ0n) is 13.6. The SMILES string of the molecule is CCNC(=O)NC(=O)[C@H](OC(=O)c1ccc([N+](=O)[O-])o1)c1ccccc1. The standard InChI is InChI=1S/C16H15N3O7/c1-2-17-16(22)18-14(20)13(10-6-4-3-5-7-10)26-15(21)11-8-9-12(25-11)19(23)24/h3-9,13H,2H2,1H3,(H2,17,18,20,22)/t13-/m1/s1. The molecule has 0 fully saturated rings. The van der Waals surface area contributed by atoms with Crippen LogP contribution in [-0.4, -0.2) is 29.4 Å². The molecule has 0 bridgehead atoms. The number of urea groups is 1. The topological polar surface area (TPSA) is 141 Å². The molecule has 2 aromatic rings. The lowest BCUT2D eigenvalue weighted by Gasteiger charge is -2.17. The highest BCUT2D eigenvalue weighted by molar-refractivity contribution is 5.98. The van der Waals surface area contributed by atoms with E-state index in [0.29, 0.717) is 12.1 Å². The molecular weight excluding hydrogens is 346 g/mol. The first-order chi connectivity index (χ1) is 12.4. The minimum absolute atomic E-state index is 0.297. The molecular formula is C16H15N3O7. The van der Waals surface area contributed by atoms with Gasteiger partial charge in [-0.15, -0.1) is 0 Å². The second kappa shape index (κ2) is 8.42. The number of esters is 1. The van der Waals surface area contributed by atoms with E-state index in [4.69, 9.17) is 9.15 Å². The highest BCUT2D eigenvalue weighted by atomic mass is 16.7. The fourth-order valence-corrected chi connectivity index (χ4v) is 1.98. The fourth-order valence-electron chi connectivity index (χ4n) is 1.98. The van der Waals surface area contributed by atoms with Crippen LogP contribution in [0.4, 0.5) is 10.7 Å². The first-order valence-electron chi connectivity index (χ1n) is 7.51. The molecule has 0 radical (unpaired) electrons. The first kappa shape index (κ1) is 18.6. The van der Waals surface area contributed by atoms with Gasteiger partial charge in [0.05, 0.1) is 6.07 Å². The lowest BCUT2D eigenvalue weighted by molar-refractivity contribution is -0.402. The van der Waals surface area contributed by atoms with Gasteiger partial charge < -0.3 is 14.5 Å². The fraction of sp³-hybridized carbons (Fsp3) is 0.188. The number of benzene rings is 1. The molecule has 10 nitrogen and oxygen atoms in total. The number of amides is 3. The van der Waals surface area contributed by atoms with E-state index in [2.05, 4.69) is 10.6 Å². The molecule has 2 N–H and O–H groups in total. The van der Waals surface area contributed by atoms with Gasteiger partial charge in [-0.2, -0.15) is 0 Å². The Kier molecular flexibility index (Phi) is 6.04. The smallest absolute Gasteiger partial charge is 0.433 e. The number of ether oxygens (including phenoxy) is 1. The molecule has 3 amide bonds. The molecule has 136 valence electrons. The monoisotopic (exact) mass is 361 g/mol. The molecule has 26 heavy (non-hydrogen) atoms.